The van der Waals surface area contributed by atoms with Gasteiger partial charge in [-0.25, -0.2) is 4.98 Å². The highest BCUT2D eigenvalue weighted by Crippen LogP contribution is 2.23. The minimum absolute atomic E-state index is 0.542. The molecule has 0 saturated carbocycles. The molecule has 2 aromatic rings. The van der Waals surface area contributed by atoms with Crippen LogP contribution in [0.3, 0.4) is 0 Å². The van der Waals surface area contributed by atoms with Gasteiger partial charge in [0.2, 0.25) is 0 Å². The molecule has 0 fully saturated rings. The average molecular weight is 269 g/mol. The fraction of sp³-hybridized carbons (Fsp3) is 0.364. The zero-order valence-corrected chi connectivity index (χ0v) is 10.3. The van der Waals surface area contributed by atoms with Crippen molar-refractivity contribution < 1.29 is 5.11 Å². The number of para-hydroxylation sites is 1. The smallest absolute Gasteiger partial charge is 0.103 e. The molecular weight excluding hydrogens is 256 g/mol. The molecule has 1 heterocycles. The van der Waals surface area contributed by atoms with Gasteiger partial charge in [-0.15, -0.1) is 0 Å². The molecule has 0 saturated heterocycles. The summed E-state index contributed by atoms with van der Waals surface area (Å²) in [7, 11) is 0. The van der Waals surface area contributed by atoms with E-state index in [0.717, 1.165) is 15.5 Å². The first-order valence-electron chi connectivity index (χ1n) is 4.79. The minimum atomic E-state index is -0.726. The quantitative estimate of drug-likeness (QED) is 0.909. The summed E-state index contributed by atoms with van der Waals surface area (Å²) in [5, 5.41) is 9.76. The summed E-state index contributed by atoms with van der Waals surface area (Å²) in [4.78, 5) is 4.31. The molecule has 3 nitrogen and oxygen atoms in total. The summed E-state index contributed by atoms with van der Waals surface area (Å²) >= 11 is 3.45. The van der Waals surface area contributed by atoms with Gasteiger partial charge < -0.3 is 9.67 Å². The third-order valence-corrected chi connectivity index (χ3v) is 2.80. The van der Waals surface area contributed by atoms with E-state index in [1.54, 1.807) is 20.2 Å². The van der Waals surface area contributed by atoms with Gasteiger partial charge in [-0.2, -0.15) is 0 Å². The lowest BCUT2D eigenvalue weighted by molar-refractivity contribution is 0.0627. The van der Waals surface area contributed by atoms with Gasteiger partial charge in [0.25, 0.3) is 0 Å². The van der Waals surface area contributed by atoms with Gasteiger partial charge in [0.15, 0.2) is 0 Å². The van der Waals surface area contributed by atoms with E-state index in [0.29, 0.717) is 6.54 Å². The van der Waals surface area contributed by atoms with Gasteiger partial charge in [-0.3, -0.25) is 0 Å². The van der Waals surface area contributed by atoms with E-state index < -0.39 is 5.60 Å². The van der Waals surface area contributed by atoms with Crippen molar-refractivity contribution in [3.8, 4) is 0 Å². The second kappa shape index (κ2) is 3.61. The Balaban J connectivity index is 2.50. The van der Waals surface area contributed by atoms with Crippen LogP contribution in [0.2, 0.25) is 0 Å². The number of imidazole rings is 1. The third-order valence-electron chi connectivity index (χ3n) is 2.16. The van der Waals surface area contributed by atoms with Crippen molar-refractivity contribution in [2.45, 2.75) is 26.0 Å². The summed E-state index contributed by atoms with van der Waals surface area (Å²) in [6.45, 7) is 4.12. The number of aliphatic hydroxyl groups is 1. The third kappa shape index (κ3) is 2.21. The van der Waals surface area contributed by atoms with E-state index in [-0.39, 0.29) is 0 Å². The number of nitrogens with zero attached hydrogens (tertiary/aromatic N) is 2. The molecule has 80 valence electrons. The Hall–Kier alpha value is -0.870. The molecule has 0 aliphatic carbocycles. The topological polar surface area (TPSA) is 38.0 Å². The van der Waals surface area contributed by atoms with E-state index in [4.69, 9.17) is 0 Å². The number of hydrogen-bond acceptors (Lipinski definition) is 2. The van der Waals surface area contributed by atoms with Crippen LogP contribution in [0.15, 0.2) is 29.0 Å². The lowest BCUT2D eigenvalue weighted by atomic mass is 10.1. The van der Waals surface area contributed by atoms with Crippen molar-refractivity contribution in [1.82, 2.24) is 9.55 Å². The molecule has 0 radical (unpaired) electrons. The summed E-state index contributed by atoms with van der Waals surface area (Å²) in [5.41, 5.74) is 1.24. The van der Waals surface area contributed by atoms with Crippen molar-refractivity contribution in [3.05, 3.63) is 29.0 Å². The molecule has 4 heteroatoms. The molecule has 1 aromatic carbocycles. The van der Waals surface area contributed by atoms with Crippen molar-refractivity contribution in [3.63, 3.8) is 0 Å². The summed E-state index contributed by atoms with van der Waals surface area (Å²) in [5.74, 6) is 0. The van der Waals surface area contributed by atoms with Crippen molar-refractivity contribution in [2.24, 2.45) is 0 Å². The van der Waals surface area contributed by atoms with E-state index in [1.807, 2.05) is 22.8 Å². The zero-order valence-electron chi connectivity index (χ0n) is 8.74. The minimum Gasteiger partial charge on any atom is -0.389 e. The standard InChI is InChI=1S/C11H13BrN2O/c1-11(2,15)6-14-7-13-10-8(12)4-3-5-9(10)14/h3-5,7,15H,6H2,1-2H3. The van der Waals surface area contributed by atoms with Crippen LogP contribution in [-0.4, -0.2) is 20.3 Å². The second-order valence-corrected chi connectivity index (χ2v) is 5.15. The summed E-state index contributed by atoms with van der Waals surface area (Å²) < 4.78 is 2.94. The first-order valence-corrected chi connectivity index (χ1v) is 5.58. The highest BCUT2D eigenvalue weighted by Gasteiger charge is 2.15. The normalized spacial score (nSPS) is 12.3. The maximum absolute atomic E-state index is 9.76. The van der Waals surface area contributed by atoms with Crippen LogP contribution in [0, 0.1) is 0 Å². The van der Waals surface area contributed by atoms with Crippen LogP contribution < -0.4 is 0 Å². The van der Waals surface area contributed by atoms with Gasteiger partial charge in [0.1, 0.15) is 5.52 Å². The Bertz CT molecular complexity index is 485. The van der Waals surface area contributed by atoms with Gasteiger partial charge >= 0.3 is 0 Å². The van der Waals surface area contributed by atoms with Crippen molar-refractivity contribution in [1.29, 1.82) is 0 Å². The Labute approximate surface area is 96.9 Å². The van der Waals surface area contributed by atoms with Crippen LogP contribution in [-0.2, 0) is 6.54 Å². The number of hydrogen-bond donors (Lipinski definition) is 1. The highest BCUT2D eigenvalue weighted by atomic mass is 79.9. The molecule has 2 rings (SSSR count). The van der Waals surface area contributed by atoms with Crippen LogP contribution in [0.25, 0.3) is 11.0 Å². The van der Waals surface area contributed by atoms with Crippen LogP contribution in [0.4, 0.5) is 0 Å². The Kier molecular flexibility index (Phi) is 2.56. The number of fused-ring (bicyclic) bond motifs is 1. The molecule has 0 aliphatic heterocycles. The number of benzene rings is 1. The summed E-state index contributed by atoms with van der Waals surface area (Å²) in [6.07, 6.45) is 1.76. The average Bonchev–Trinajstić information content (AvgIpc) is 2.48. The molecule has 0 atom stereocenters. The molecular formula is C11H13BrN2O. The van der Waals surface area contributed by atoms with Crippen LogP contribution >= 0.6 is 15.9 Å². The molecule has 1 aromatic heterocycles. The lowest BCUT2D eigenvalue weighted by Gasteiger charge is -2.18. The van der Waals surface area contributed by atoms with Crippen LogP contribution in [0.1, 0.15) is 13.8 Å². The van der Waals surface area contributed by atoms with E-state index in [2.05, 4.69) is 20.9 Å². The maximum atomic E-state index is 9.76. The molecule has 0 spiro atoms. The Morgan fingerprint density at radius 2 is 2.20 bits per heavy atom. The SMILES string of the molecule is CC(C)(O)Cn1cnc2c(Br)cccc21. The number of aromatic nitrogens is 2. The predicted molar refractivity (Wildman–Crippen MR) is 63.7 cm³/mol. The van der Waals surface area contributed by atoms with Gasteiger partial charge in [0.05, 0.1) is 24.0 Å². The van der Waals surface area contributed by atoms with Gasteiger partial charge in [0, 0.05) is 4.47 Å². The second-order valence-electron chi connectivity index (χ2n) is 4.29. The predicted octanol–water partition coefficient (Wildman–Crippen LogP) is 2.57. The van der Waals surface area contributed by atoms with Crippen molar-refractivity contribution >= 4 is 27.0 Å². The fourth-order valence-electron chi connectivity index (χ4n) is 1.60. The van der Waals surface area contributed by atoms with Gasteiger partial charge in [-0.05, 0) is 41.9 Å². The summed E-state index contributed by atoms with van der Waals surface area (Å²) in [6, 6.07) is 5.93. The van der Waals surface area contributed by atoms with E-state index >= 15 is 0 Å². The first-order chi connectivity index (χ1) is 6.97. The molecule has 15 heavy (non-hydrogen) atoms. The molecule has 0 amide bonds. The fourth-order valence-corrected chi connectivity index (χ4v) is 2.05. The molecule has 0 bridgehead atoms. The lowest BCUT2D eigenvalue weighted by Crippen LogP contribution is -2.25. The highest BCUT2D eigenvalue weighted by molar-refractivity contribution is 9.10. The van der Waals surface area contributed by atoms with E-state index in [1.165, 1.54) is 0 Å². The van der Waals surface area contributed by atoms with Crippen LogP contribution in [0.5, 0.6) is 0 Å². The monoisotopic (exact) mass is 268 g/mol. The Morgan fingerprint density at radius 1 is 1.47 bits per heavy atom. The molecule has 0 aliphatic rings. The van der Waals surface area contributed by atoms with Crippen molar-refractivity contribution in [2.75, 3.05) is 0 Å². The number of rotatable bonds is 2. The largest absolute Gasteiger partial charge is 0.389 e. The van der Waals surface area contributed by atoms with E-state index in [9.17, 15) is 5.11 Å². The Morgan fingerprint density at radius 3 is 2.87 bits per heavy atom. The maximum Gasteiger partial charge on any atom is 0.103 e. The first kappa shape index (κ1) is 10.6. The number of halogens is 1. The van der Waals surface area contributed by atoms with Gasteiger partial charge in [-0.1, -0.05) is 6.07 Å². The molecule has 1 N–H and O–H groups in total. The zero-order chi connectivity index (χ0) is 11.1. The molecule has 0 unspecified atom stereocenters.